The van der Waals surface area contributed by atoms with Gasteiger partial charge in [0.15, 0.2) is 5.82 Å². The molecule has 1 saturated heterocycles. The Morgan fingerprint density at radius 2 is 1.73 bits per heavy atom. The van der Waals surface area contributed by atoms with E-state index in [0.717, 1.165) is 33.9 Å². The number of nitrogens with zero attached hydrogens (tertiary/aromatic N) is 4. The minimum absolute atomic E-state index is 0.116. The fourth-order valence-electron chi connectivity index (χ4n) is 4.27. The first-order valence-electron chi connectivity index (χ1n) is 11.0. The lowest BCUT2D eigenvalue weighted by atomic mass is 10.0. The molecule has 4 rings (SSSR count). The molecule has 0 aliphatic carbocycles. The van der Waals surface area contributed by atoms with Gasteiger partial charge in [-0.05, 0) is 87.6 Å². The minimum Gasteiger partial charge on any atom is -0.355 e. The normalized spacial score (nSPS) is 15.1. The van der Waals surface area contributed by atoms with Gasteiger partial charge in [-0.2, -0.15) is 0 Å². The molecule has 174 valence electrons. The van der Waals surface area contributed by atoms with E-state index in [1.807, 2.05) is 32.9 Å². The molecule has 0 saturated carbocycles. The molecule has 1 aromatic carbocycles. The maximum absolute atomic E-state index is 13.4. The highest BCUT2D eigenvalue weighted by molar-refractivity contribution is 7.89. The molecule has 0 unspecified atom stereocenters. The molecule has 1 aliphatic rings. The number of hydrogen-bond acceptors (Lipinski definition) is 6. The molecule has 0 bridgehead atoms. The van der Waals surface area contributed by atoms with Gasteiger partial charge >= 0.3 is 0 Å². The number of piperidine rings is 1. The Bertz CT molecular complexity index is 1290. The average Bonchev–Trinajstić information content (AvgIpc) is 2.76. The van der Waals surface area contributed by atoms with Crippen molar-refractivity contribution in [2.75, 3.05) is 18.0 Å². The van der Waals surface area contributed by atoms with Crippen LogP contribution in [0.15, 0.2) is 41.4 Å². The number of hydrogen-bond donors (Lipinski definition) is 1. The zero-order chi connectivity index (χ0) is 23.8. The van der Waals surface area contributed by atoms with Gasteiger partial charge < -0.3 is 4.90 Å². The maximum atomic E-state index is 13.4. The second kappa shape index (κ2) is 9.15. The Labute approximate surface area is 194 Å². The number of benzene rings is 1. The van der Waals surface area contributed by atoms with Crippen LogP contribution in [0.1, 0.15) is 35.2 Å². The van der Waals surface area contributed by atoms with E-state index in [2.05, 4.69) is 24.8 Å². The molecule has 0 spiro atoms. The molecule has 7 nitrogen and oxygen atoms in total. The Hall–Kier alpha value is -2.91. The van der Waals surface area contributed by atoms with E-state index in [-0.39, 0.29) is 10.9 Å². The van der Waals surface area contributed by atoms with Gasteiger partial charge in [-0.25, -0.2) is 17.5 Å². The second-order valence-corrected chi connectivity index (χ2v) is 10.3. The smallest absolute Gasteiger partial charge is 0.241 e. The van der Waals surface area contributed by atoms with Crippen LogP contribution in [0.25, 0.3) is 11.3 Å². The van der Waals surface area contributed by atoms with Crippen LogP contribution in [-0.2, 0) is 10.0 Å². The Morgan fingerprint density at radius 3 is 2.39 bits per heavy atom. The highest BCUT2D eigenvalue weighted by Crippen LogP contribution is 2.29. The first kappa shape index (κ1) is 23.3. The Kier molecular flexibility index (Phi) is 6.45. The van der Waals surface area contributed by atoms with Gasteiger partial charge in [-0.1, -0.05) is 0 Å². The molecule has 1 aliphatic heterocycles. The van der Waals surface area contributed by atoms with Crippen molar-refractivity contribution < 1.29 is 12.8 Å². The number of pyridine rings is 1. The van der Waals surface area contributed by atoms with Crippen molar-refractivity contribution >= 4 is 15.8 Å². The van der Waals surface area contributed by atoms with Gasteiger partial charge in [0.05, 0.1) is 10.6 Å². The lowest BCUT2D eigenvalue weighted by Gasteiger charge is -2.34. The van der Waals surface area contributed by atoms with Crippen LogP contribution >= 0.6 is 0 Å². The fourth-order valence-corrected chi connectivity index (χ4v) is 5.80. The van der Waals surface area contributed by atoms with Gasteiger partial charge in [-0.3, -0.25) is 4.98 Å². The maximum Gasteiger partial charge on any atom is 0.241 e. The Balaban J connectivity index is 1.46. The predicted molar refractivity (Wildman–Crippen MR) is 126 cm³/mol. The van der Waals surface area contributed by atoms with Crippen LogP contribution in [0.5, 0.6) is 0 Å². The summed E-state index contributed by atoms with van der Waals surface area (Å²) in [5, 5.41) is 9.02. The molecular formula is C24H28FN5O2S. The lowest BCUT2D eigenvalue weighted by Crippen LogP contribution is -2.45. The van der Waals surface area contributed by atoms with Crippen LogP contribution in [0, 0.1) is 33.5 Å². The van der Waals surface area contributed by atoms with Crippen molar-refractivity contribution in [3.05, 3.63) is 64.7 Å². The van der Waals surface area contributed by atoms with Gasteiger partial charge in [-0.15, -0.1) is 10.2 Å². The highest BCUT2D eigenvalue weighted by atomic mass is 32.2. The van der Waals surface area contributed by atoms with E-state index in [9.17, 15) is 12.8 Å². The summed E-state index contributed by atoms with van der Waals surface area (Å²) in [5.74, 6) is 0.384. The summed E-state index contributed by atoms with van der Waals surface area (Å²) in [6.07, 6.45) is 3.06. The van der Waals surface area contributed by atoms with Gasteiger partial charge in [0, 0.05) is 36.6 Å². The van der Waals surface area contributed by atoms with E-state index in [4.69, 9.17) is 0 Å². The predicted octanol–water partition coefficient (Wildman–Crippen LogP) is 3.86. The SMILES string of the molecule is Cc1cc(-c2nnc(N3CCC(NS(=O)(=O)c4ccc(F)cc4C)CC3)c(C)c2C)ccn1. The van der Waals surface area contributed by atoms with E-state index >= 15 is 0 Å². The third-order valence-corrected chi connectivity index (χ3v) is 7.89. The van der Waals surface area contributed by atoms with Gasteiger partial charge in [0.1, 0.15) is 5.82 Å². The highest BCUT2D eigenvalue weighted by Gasteiger charge is 2.27. The van der Waals surface area contributed by atoms with Crippen LogP contribution in [0.4, 0.5) is 10.2 Å². The summed E-state index contributed by atoms with van der Waals surface area (Å²) in [5.41, 5.74) is 5.29. The largest absolute Gasteiger partial charge is 0.355 e. The molecule has 33 heavy (non-hydrogen) atoms. The molecule has 1 fully saturated rings. The zero-order valence-corrected chi connectivity index (χ0v) is 20.1. The molecule has 3 aromatic rings. The quantitative estimate of drug-likeness (QED) is 0.611. The van der Waals surface area contributed by atoms with Gasteiger partial charge in [0.25, 0.3) is 0 Å². The molecule has 0 radical (unpaired) electrons. The number of aryl methyl sites for hydroxylation is 2. The van der Waals surface area contributed by atoms with E-state index in [1.165, 1.54) is 18.2 Å². The third-order valence-electron chi connectivity index (χ3n) is 6.21. The summed E-state index contributed by atoms with van der Waals surface area (Å²) < 4.78 is 41.8. The summed E-state index contributed by atoms with van der Waals surface area (Å²) in [6, 6.07) is 7.46. The molecule has 0 amide bonds. The van der Waals surface area contributed by atoms with Crippen molar-refractivity contribution in [1.29, 1.82) is 0 Å². The monoisotopic (exact) mass is 469 g/mol. The van der Waals surface area contributed by atoms with Gasteiger partial charge in [0.2, 0.25) is 10.0 Å². The summed E-state index contributed by atoms with van der Waals surface area (Å²) in [4.78, 5) is 6.52. The first-order chi connectivity index (χ1) is 15.7. The third kappa shape index (κ3) is 4.89. The van der Waals surface area contributed by atoms with Crippen molar-refractivity contribution in [2.45, 2.75) is 51.5 Å². The number of aromatic nitrogens is 3. The number of sulfonamides is 1. The molecule has 1 N–H and O–H groups in total. The number of anilines is 1. The summed E-state index contributed by atoms with van der Waals surface area (Å²) in [6.45, 7) is 8.97. The first-order valence-corrected chi connectivity index (χ1v) is 12.4. The fraction of sp³-hybridized carbons (Fsp3) is 0.375. The Morgan fingerprint density at radius 1 is 1.00 bits per heavy atom. The van der Waals surface area contributed by atoms with E-state index in [1.54, 1.807) is 13.1 Å². The van der Waals surface area contributed by atoms with Crippen molar-refractivity contribution in [3.8, 4) is 11.3 Å². The number of nitrogens with one attached hydrogen (secondary N) is 1. The molecule has 9 heteroatoms. The number of rotatable bonds is 5. The van der Waals surface area contributed by atoms with Crippen LogP contribution in [-0.4, -0.2) is 42.7 Å². The van der Waals surface area contributed by atoms with Crippen molar-refractivity contribution in [2.24, 2.45) is 0 Å². The minimum atomic E-state index is -3.71. The van der Waals surface area contributed by atoms with Crippen LogP contribution < -0.4 is 9.62 Å². The van der Waals surface area contributed by atoms with E-state index in [0.29, 0.717) is 31.5 Å². The lowest BCUT2D eigenvalue weighted by molar-refractivity contribution is 0.457. The molecule has 3 heterocycles. The second-order valence-electron chi connectivity index (χ2n) is 8.60. The van der Waals surface area contributed by atoms with Crippen LogP contribution in [0.2, 0.25) is 0 Å². The van der Waals surface area contributed by atoms with Crippen molar-refractivity contribution in [1.82, 2.24) is 19.9 Å². The van der Waals surface area contributed by atoms with E-state index < -0.39 is 15.8 Å². The zero-order valence-electron chi connectivity index (χ0n) is 19.3. The molecule has 0 atom stereocenters. The average molecular weight is 470 g/mol. The summed E-state index contributed by atoms with van der Waals surface area (Å²) >= 11 is 0. The topological polar surface area (TPSA) is 88.1 Å². The standard InChI is InChI=1S/C24H28FN5O2S/c1-15-13-20(25)5-6-22(15)33(31,32)29-21-8-11-30(12-9-21)24-18(4)17(3)23(27-28-24)19-7-10-26-16(2)14-19/h5-7,10,13-14,21,29H,8-9,11-12H2,1-4H3. The molecular weight excluding hydrogens is 441 g/mol. The summed E-state index contributed by atoms with van der Waals surface area (Å²) in [7, 11) is -3.71. The molecule has 2 aromatic heterocycles. The number of halogens is 1. The van der Waals surface area contributed by atoms with Crippen molar-refractivity contribution in [3.63, 3.8) is 0 Å². The van der Waals surface area contributed by atoms with Crippen LogP contribution in [0.3, 0.4) is 0 Å².